The van der Waals surface area contributed by atoms with Gasteiger partial charge >= 0.3 is 0 Å². The highest BCUT2D eigenvalue weighted by atomic mass is 15.2. The van der Waals surface area contributed by atoms with E-state index >= 15 is 0 Å². The summed E-state index contributed by atoms with van der Waals surface area (Å²) in [7, 11) is 0. The van der Waals surface area contributed by atoms with Crippen LogP contribution in [0.3, 0.4) is 0 Å². The van der Waals surface area contributed by atoms with Gasteiger partial charge in [-0.2, -0.15) is 0 Å². The summed E-state index contributed by atoms with van der Waals surface area (Å²) in [5, 5.41) is 0. The van der Waals surface area contributed by atoms with Crippen molar-refractivity contribution in [2.24, 2.45) is 11.7 Å². The lowest BCUT2D eigenvalue weighted by Crippen LogP contribution is -2.57. The average molecular weight is 224 g/mol. The molecular formula is C14H28N2. The first-order valence-corrected chi connectivity index (χ1v) is 7.17. The third kappa shape index (κ3) is 2.28. The van der Waals surface area contributed by atoms with Crippen LogP contribution in [0.5, 0.6) is 0 Å². The molecule has 1 saturated carbocycles. The molecule has 2 aliphatic rings. The van der Waals surface area contributed by atoms with Crippen LogP contribution in [0.1, 0.15) is 58.8 Å². The summed E-state index contributed by atoms with van der Waals surface area (Å²) in [5.41, 5.74) is 6.77. The van der Waals surface area contributed by atoms with Crippen molar-refractivity contribution in [1.82, 2.24) is 4.90 Å². The molecule has 0 aromatic heterocycles. The van der Waals surface area contributed by atoms with Crippen LogP contribution in [0.25, 0.3) is 0 Å². The zero-order valence-corrected chi connectivity index (χ0v) is 11.0. The quantitative estimate of drug-likeness (QED) is 0.778. The van der Waals surface area contributed by atoms with Crippen molar-refractivity contribution < 1.29 is 0 Å². The highest BCUT2D eigenvalue weighted by Gasteiger charge is 2.38. The van der Waals surface area contributed by atoms with Crippen LogP contribution in [-0.4, -0.2) is 29.6 Å². The largest absolute Gasteiger partial charge is 0.326 e. The van der Waals surface area contributed by atoms with Gasteiger partial charge in [-0.15, -0.1) is 0 Å². The summed E-state index contributed by atoms with van der Waals surface area (Å²) >= 11 is 0. The lowest BCUT2D eigenvalue weighted by molar-refractivity contribution is 0.0814. The van der Waals surface area contributed by atoms with Crippen molar-refractivity contribution in [2.75, 3.05) is 13.1 Å². The van der Waals surface area contributed by atoms with E-state index in [0.29, 0.717) is 6.04 Å². The molecule has 2 heteroatoms. The van der Waals surface area contributed by atoms with Crippen LogP contribution in [0.15, 0.2) is 0 Å². The minimum Gasteiger partial charge on any atom is -0.326 e. The van der Waals surface area contributed by atoms with Gasteiger partial charge in [-0.05, 0) is 51.6 Å². The molecule has 2 unspecified atom stereocenters. The summed E-state index contributed by atoms with van der Waals surface area (Å²) in [5.74, 6) is 0.934. The Morgan fingerprint density at radius 3 is 2.31 bits per heavy atom. The molecule has 0 radical (unpaired) electrons. The summed E-state index contributed by atoms with van der Waals surface area (Å²) < 4.78 is 0. The Morgan fingerprint density at radius 2 is 1.88 bits per heavy atom. The van der Waals surface area contributed by atoms with Gasteiger partial charge in [-0.25, -0.2) is 0 Å². The molecule has 2 fully saturated rings. The first-order chi connectivity index (χ1) is 7.66. The van der Waals surface area contributed by atoms with Gasteiger partial charge < -0.3 is 5.73 Å². The van der Waals surface area contributed by atoms with Gasteiger partial charge in [0.2, 0.25) is 0 Å². The Hall–Kier alpha value is -0.0800. The molecule has 2 rings (SSSR count). The normalized spacial score (nSPS) is 28.7. The van der Waals surface area contributed by atoms with E-state index in [-0.39, 0.29) is 5.54 Å². The van der Waals surface area contributed by atoms with Crippen molar-refractivity contribution in [3.05, 3.63) is 0 Å². The number of likely N-dealkylation sites (tertiary alicyclic amines) is 1. The zero-order chi connectivity index (χ0) is 11.6. The van der Waals surface area contributed by atoms with Crippen LogP contribution in [0.4, 0.5) is 0 Å². The van der Waals surface area contributed by atoms with E-state index in [1.165, 1.54) is 58.0 Å². The van der Waals surface area contributed by atoms with Gasteiger partial charge in [-0.1, -0.05) is 26.2 Å². The minimum atomic E-state index is 0.256. The van der Waals surface area contributed by atoms with E-state index < -0.39 is 0 Å². The Morgan fingerprint density at radius 1 is 1.25 bits per heavy atom. The molecule has 2 atom stereocenters. The van der Waals surface area contributed by atoms with E-state index in [0.717, 1.165) is 5.92 Å². The SMILES string of the molecule is CCC(C)(C(N)CC1CCC1)N1CCCC1. The van der Waals surface area contributed by atoms with Crippen molar-refractivity contribution in [3.8, 4) is 0 Å². The lowest BCUT2D eigenvalue weighted by atomic mass is 9.75. The smallest absolute Gasteiger partial charge is 0.0329 e. The number of hydrogen-bond acceptors (Lipinski definition) is 2. The van der Waals surface area contributed by atoms with Gasteiger partial charge in [0.25, 0.3) is 0 Å². The lowest BCUT2D eigenvalue weighted by Gasteiger charge is -2.45. The Kier molecular flexibility index (Phi) is 3.91. The van der Waals surface area contributed by atoms with Crippen LogP contribution < -0.4 is 5.73 Å². The van der Waals surface area contributed by atoms with E-state index in [2.05, 4.69) is 18.7 Å². The topological polar surface area (TPSA) is 29.3 Å². The monoisotopic (exact) mass is 224 g/mol. The average Bonchev–Trinajstić information content (AvgIpc) is 2.75. The van der Waals surface area contributed by atoms with E-state index in [1.807, 2.05) is 0 Å². The van der Waals surface area contributed by atoms with Gasteiger partial charge in [-0.3, -0.25) is 4.90 Å². The maximum absolute atomic E-state index is 6.51. The molecule has 1 heterocycles. The maximum Gasteiger partial charge on any atom is 0.0329 e. The number of hydrogen-bond donors (Lipinski definition) is 1. The van der Waals surface area contributed by atoms with Crippen molar-refractivity contribution in [1.29, 1.82) is 0 Å². The highest BCUT2D eigenvalue weighted by molar-refractivity contribution is 4.97. The number of nitrogens with zero attached hydrogens (tertiary/aromatic N) is 1. The Balaban J connectivity index is 1.94. The second-order valence-corrected chi connectivity index (χ2v) is 6.04. The van der Waals surface area contributed by atoms with Crippen molar-refractivity contribution in [3.63, 3.8) is 0 Å². The van der Waals surface area contributed by atoms with E-state index in [1.54, 1.807) is 0 Å². The molecule has 94 valence electrons. The molecule has 1 aliphatic heterocycles. The fraction of sp³-hybridized carbons (Fsp3) is 1.00. The van der Waals surface area contributed by atoms with E-state index in [9.17, 15) is 0 Å². The standard InChI is InChI=1S/C14H28N2/c1-3-14(2,16-9-4-5-10-16)13(15)11-12-7-6-8-12/h12-13H,3-11,15H2,1-2H3. The van der Waals surface area contributed by atoms with Gasteiger partial charge in [0.05, 0.1) is 0 Å². The van der Waals surface area contributed by atoms with Crippen molar-refractivity contribution >= 4 is 0 Å². The minimum absolute atomic E-state index is 0.256. The fourth-order valence-corrected chi connectivity index (χ4v) is 3.29. The second kappa shape index (κ2) is 5.05. The van der Waals surface area contributed by atoms with Gasteiger partial charge in [0.15, 0.2) is 0 Å². The second-order valence-electron chi connectivity index (χ2n) is 6.04. The third-order valence-electron chi connectivity index (χ3n) is 5.16. The third-order valence-corrected chi connectivity index (χ3v) is 5.16. The van der Waals surface area contributed by atoms with Crippen LogP contribution in [-0.2, 0) is 0 Å². The summed E-state index contributed by atoms with van der Waals surface area (Å²) in [6, 6.07) is 0.376. The summed E-state index contributed by atoms with van der Waals surface area (Å²) in [6.07, 6.45) is 9.46. The zero-order valence-electron chi connectivity index (χ0n) is 11.0. The predicted molar refractivity (Wildman–Crippen MR) is 69.4 cm³/mol. The molecule has 2 nitrogen and oxygen atoms in total. The molecule has 1 saturated heterocycles. The molecule has 2 N–H and O–H groups in total. The first kappa shape index (κ1) is 12.4. The number of nitrogens with two attached hydrogens (primary N) is 1. The van der Waals surface area contributed by atoms with E-state index in [4.69, 9.17) is 5.73 Å². The summed E-state index contributed by atoms with van der Waals surface area (Å²) in [4.78, 5) is 2.65. The molecule has 0 aromatic rings. The number of rotatable bonds is 5. The molecule has 0 amide bonds. The van der Waals surface area contributed by atoms with Gasteiger partial charge in [0, 0.05) is 11.6 Å². The Labute approximate surface area is 101 Å². The Bertz CT molecular complexity index is 219. The fourth-order valence-electron chi connectivity index (χ4n) is 3.29. The van der Waals surface area contributed by atoms with Crippen LogP contribution in [0.2, 0.25) is 0 Å². The summed E-state index contributed by atoms with van der Waals surface area (Å²) in [6.45, 7) is 7.23. The highest BCUT2D eigenvalue weighted by Crippen LogP contribution is 2.35. The molecule has 16 heavy (non-hydrogen) atoms. The molecule has 0 aromatic carbocycles. The predicted octanol–water partition coefficient (Wildman–Crippen LogP) is 2.77. The molecule has 0 spiro atoms. The van der Waals surface area contributed by atoms with Crippen molar-refractivity contribution in [2.45, 2.75) is 70.4 Å². The first-order valence-electron chi connectivity index (χ1n) is 7.17. The molecular weight excluding hydrogens is 196 g/mol. The maximum atomic E-state index is 6.51. The molecule has 1 aliphatic carbocycles. The van der Waals surface area contributed by atoms with Gasteiger partial charge in [0.1, 0.15) is 0 Å². The van der Waals surface area contributed by atoms with Crippen LogP contribution >= 0.6 is 0 Å². The van der Waals surface area contributed by atoms with Crippen LogP contribution in [0, 0.1) is 5.92 Å². The molecule has 0 bridgehead atoms.